The maximum Gasteiger partial charge on any atom is 0.0577 e. The van der Waals surface area contributed by atoms with Crippen molar-refractivity contribution in [3.8, 4) is 0 Å². The Balaban J connectivity index is 1.36. The highest BCUT2D eigenvalue weighted by atomic mass is 16.3. The van der Waals surface area contributed by atoms with Gasteiger partial charge in [0.15, 0.2) is 0 Å². The predicted molar refractivity (Wildman–Crippen MR) is 117 cm³/mol. The fourth-order valence-corrected chi connectivity index (χ4v) is 9.25. The van der Waals surface area contributed by atoms with Crippen LogP contribution < -0.4 is 0 Å². The van der Waals surface area contributed by atoms with Crippen molar-refractivity contribution in [2.45, 2.75) is 104 Å². The normalized spacial score (nSPS) is 51.1. The summed E-state index contributed by atoms with van der Waals surface area (Å²) in [5, 5.41) is 10.2. The lowest BCUT2D eigenvalue weighted by Gasteiger charge is -2.59. The van der Waals surface area contributed by atoms with E-state index < -0.39 is 0 Å². The van der Waals surface area contributed by atoms with Crippen LogP contribution >= 0.6 is 0 Å². The molecule has 0 saturated heterocycles. The summed E-state index contributed by atoms with van der Waals surface area (Å²) < 4.78 is 0. The molecule has 28 heavy (non-hydrogen) atoms. The second-order valence-electron chi connectivity index (χ2n) is 12.4. The van der Waals surface area contributed by atoms with E-state index in [0.717, 1.165) is 54.3 Å². The minimum atomic E-state index is -0.0718. The predicted octanol–water partition coefficient (Wildman–Crippen LogP) is 7.00. The quantitative estimate of drug-likeness (QED) is 0.517. The third-order valence-electron chi connectivity index (χ3n) is 11.0. The summed E-state index contributed by atoms with van der Waals surface area (Å²) >= 11 is 0. The van der Waals surface area contributed by atoms with Gasteiger partial charge in [0.05, 0.1) is 6.10 Å². The molecule has 158 valence electrons. The minimum Gasteiger partial charge on any atom is -0.393 e. The van der Waals surface area contributed by atoms with E-state index in [-0.39, 0.29) is 6.10 Å². The molecule has 5 aliphatic rings. The lowest BCUT2D eigenvalue weighted by molar-refractivity contribution is -0.0677. The summed E-state index contributed by atoms with van der Waals surface area (Å²) in [7, 11) is 0. The Morgan fingerprint density at radius 2 is 1.89 bits per heavy atom. The molecule has 5 rings (SSSR count). The van der Waals surface area contributed by atoms with Gasteiger partial charge < -0.3 is 5.11 Å². The van der Waals surface area contributed by atoms with Crippen LogP contribution in [-0.2, 0) is 0 Å². The van der Waals surface area contributed by atoms with Gasteiger partial charge in [0, 0.05) is 0 Å². The number of allylic oxidation sites excluding steroid dienone is 1. The van der Waals surface area contributed by atoms with Crippen LogP contribution in [0.5, 0.6) is 0 Å². The van der Waals surface area contributed by atoms with Crippen molar-refractivity contribution in [2.75, 3.05) is 0 Å². The van der Waals surface area contributed by atoms with Gasteiger partial charge in [-0.25, -0.2) is 0 Å². The molecule has 0 aliphatic heterocycles. The van der Waals surface area contributed by atoms with Crippen molar-refractivity contribution in [3.05, 3.63) is 11.6 Å². The topological polar surface area (TPSA) is 20.2 Å². The molecule has 0 aromatic heterocycles. The molecule has 5 aliphatic carbocycles. The van der Waals surface area contributed by atoms with Gasteiger partial charge in [-0.1, -0.05) is 45.8 Å². The Hall–Kier alpha value is -0.300. The molecule has 4 fully saturated rings. The van der Waals surface area contributed by atoms with Crippen molar-refractivity contribution >= 4 is 0 Å². The Labute approximate surface area is 173 Å². The summed E-state index contributed by atoms with van der Waals surface area (Å²) in [5.74, 6) is 6.71. The van der Waals surface area contributed by atoms with Gasteiger partial charge in [-0.15, -0.1) is 0 Å². The average molecular weight is 385 g/mol. The zero-order valence-electron chi connectivity index (χ0n) is 18.9. The molecular formula is C27H44O. The van der Waals surface area contributed by atoms with E-state index >= 15 is 0 Å². The number of rotatable bonds is 4. The van der Waals surface area contributed by atoms with Crippen molar-refractivity contribution in [3.63, 3.8) is 0 Å². The van der Waals surface area contributed by atoms with Crippen LogP contribution in [0.2, 0.25) is 0 Å². The zero-order chi connectivity index (χ0) is 19.7. The summed E-state index contributed by atoms with van der Waals surface area (Å²) in [6.07, 6.45) is 17.6. The summed E-state index contributed by atoms with van der Waals surface area (Å²) in [5.41, 5.74) is 2.70. The van der Waals surface area contributed by atoms with Crippen LogP contribution in [0.3, 0.4) is 0 Å². The Morgan fingerprint density at radius 1 is 1.07 bits per heavy atom. The van der Waals surface area contributed by atoms with E-state index in [1.54, 1.807) is 5.57 Å². The van der Waals surface area contributed by atoms with Crippen LogP contribution in [0.15, 0.2) is 11.6 Å². The molecule has 9 atom stereocenters. The minimum absolute atomic E-state index is 0.0718. The smallest absolute Gasteiger partial charge is 0.0577 e. The van der Waals surface area contributed by atoms with Gasteiger partial charge in [-0.3, -0.25) is 0 Å². The maximum atomic E-state index is 10.2. The Morgan fingerprint density at radius 3 is 2.64 bits per heavy atom. The highest BCUT2D eigenvalue weighted by Gasteiger charge is 2.59. The molecule has 1 nitrogen and oxygen atoms in total. The van der Waals surface area contributed by atoms with E-state index in [1.165, 1.54) is 57.8 Å². The van der Waals surface area contributed by atoms with Crippen molar-refractivity contribution in [2.24, 2.45) is 52.3 Å². The second kappa shape index (κ2) is 6.86. The highest BCUT2D eigenvalue weighted by molar-refractivity contribution is 5.25. The van der Waals surface area contributed by atoms with Crippen molar-refractivity contribution in [1.29, 1.82) is 0 Å². The molecule has 0 bridgehead atoms. The monoisotopic (exact) mass is 384 g/mol. The van der Waals surface area contributed by atoms with Gasteiger partial charge >= 0.3 is 0 Å². The molecule has 0 amide bonds. The van der Waals surface area contributed by atoms with E-state index in [2.05, 4.69) is 33.8 Å². The number of aliphatic hydroxyl groups is 1. The van der Waals surface area contributed by atoms with E-state index in [9.17, 15) is 5.11 Å². The fraction of sp³-hybridized carbons (Fsp3) is 0.926. The van der Waals surface area contributed by atoms with Crippen LogP contribution in [0.25, 0.3) is 0 Å². The molecule has 4 saturated carbocycles. The number of hydrogen-bond acceptors (Lipinski definition) is 1. The molecule has 0 aromatic rings. The largest absolute Gasteiger partial charge is 0.393 e. The molecule has 6 unspecified atom stereocenters. The average Bonchev–Trinajstić information content (AvgIpc) is 3.28. The first kappa shape index (κ1) is 19.7. The summed E-state index contributed by atoms with van der Waals surface area (Å²) in [6.45, 7) is 10.1. The van der Waals surface area contributed by atoms with E-state index in [1.807, 2.05) is 0 Å². The number of aliphatic hydroxyl groups excluding tert-OH is 1. The summed E-state index contributed by atoms with van der Waals surface area (Å²) in [6, 6.07) is 0. The first-order chi connectivity index (χ1) is 13.3. The van der Waals surface area contributed by atoms with Crippen molar-refractivity contribution in [1.82, 2.24) is 0 Å². The Bertz CT molecular complexity index is 634. The third kappa shape index (κ3) is 2.89. The molecule has 0 heterocycles. The van der Waals surface area contributed by atoms with E-state index in [4.69, 9.17) is 0 Å². The lowest BCUT2D eigenvalue weighted by Crippen LogP contribution is -2.51. The molecule has 0 radical (unpaired) electrons. The second-order valence-corrected chi connectivity index (χ2v) is 12.4. The van der Waals surface area contributed by atoms with E-state index in [0.29, 0.717) is 10.8 Å². The van der Waals surface area contributed by atoms with Gasteiger partial charge in [0.25, 0.3) is 0 Å². The zero-order valence-corrected chi connectivity index (χ0v) is 18.9. The van der Waals surface area contributed by atoms with Crippen LogP contribution in [-0.4, -0.2) is 11.2 Å². The lowest BCUT2D eigenvalue weighted by atomic mass is 9.46. The molecule has 1 heteroatoms. The van der Waals surface area contributed by atoms with Gasteiger partial charge in [-0.2, -0.15) is 0 Å². The SMILES string of the molecule is CC(C)[C@H]1C[C@@H]1C[C@@H](C)C12CCCC1C1CC=C3CC(O)CCC3(C)C1CC2. The van der Waals surface area contributed by atoms with Crippen LogP contribution in [0.4, 0.5) is 0 Å². The van der Waals surface area contributed by atoms with Crippen LogP contribution in [0.1, 0.15) is 98.3 Å². The third-order valence-corrected chi connectivity index (χ3v) is 11.0. The van der Waals surface area contributed by atoms with Crippen molar-refractivity contribution < 1.29 is 5.11 Å². The Kier molecular flexibility index (Phi) is 4.81. The maximum absolute atomic E-state index is 10.2. The van der Waals surface area contributed by atoms with Crippen LogP contribution in [0, 0.1) is 52.3 Å². The summed E-state index contributed by atoms with van der Waals surface area (Å²) in [4.78, 5) is 0. The number of fused-ring (bicyclic) bond motifs is 5. The molecular weight excluding hydrogens is 340 g/mol. The number of hydrogen-bond donors (Lipinski definition) is 1. The first-order valence-electron chi connectivity index (χ1n) is 12.7. The van der Waals surface area contributed by atoms with Gasteiger partial charge in [0.2, 0.25) is 0 Å². The van der Waals surface area contributed by atoms with Gasteiger partial charge in [0.1, 0.15) is 0 Å². The fourth-order valence-electron chi connectivity index (χ4n) is 9.25. The standard InChI is InChI=1S/C27H44O/c1-17(2)23-15-19(23)14-18(3)27-11-5-6-25(27)22-8-7-20-16-21(28)9-12-26(20,4)24(22)10-13-27/h7,17-19,21-25,28H,5-6,8-16H2,1-4H3/t18-,19+,21?,22?,23-,24?,25?,26?,27?/m1/s1. The molecule has 1 N–H and O–H groups in total. The molecule has 0 spiro atoms. The first-order valence-corrected chi connectivity index (χ1v) is 12.7. The molecule has 0 aromatic carbocycles. The highest BCUT2D eigenvalue weighted by Crippen LogP contribution is 2.68. The van der Waals surface area contributed by atoms with Gasteiger partial charge in [-0.05, 0) is 116 Å².